The van der Waals surface area contributed by atoms with Gasteiger partial charge in [-0.25, -0.2) is 0 Å². The van der Waals surface area contributed by atoms with Crippen molar-refractivity contribution in [1.82, 2.24) is 0 Å². The fourth-order valence-corrected chi connectivity index (χ4v) is 2.77. The van der Waals surface area contributed by atoms with E-state index >= 15 is 0 Å². The summed E-state index contributed by atoms with van der Waals surface area (Å²) in [5.41, 5.74) is 2.89. The molecule has 0 fully saturated rings. The van der Waals surface area contributed by atoms with Crippen molar-refractivity contribution >= 4 is 11.3 Å². The number of aliphatic hydroxyl groups is 1. The number of rotatable bonds is 5. The van der Waals surface area contributed by atoms with Crippen LogP contribution in [0.5, 0.6) is 0 Å². The zero-order chi connectivity index (χ0) is 13.0. The fraction of sp³-hybridized carbons (Fsp3) is 0.375. The van der Waals surface area contributed by atoms with Crippen molar-refractivity contribution in [1.29, 1.82) is 0 Å². The summed E-state index contributed by atoms with van der Waals surface area (Å²) in [7, 11) is 0. The Hall–Kier alpha value is -1.12. The maximum absolute atomic E-state index is 10.6. The summed E-state index contributed by atoms with van der Waals surface area (Å²) in [5, 5.41) is 14.8. The van der Waals surface area contributed by atoms with Crippen LogP contribution in [0.4, 0.5) is 0 Å². The standard InChI is InChI=1S/C16H20OS/c1-3-13-4-6-15(7-5-13)16(2,17)10-8-14-9-11-18-12-14/h4-7,9,11-12,17H,3,8,10H2,1-2H3. The molecule has 0 spiro atoms. The molecule has 0 saturated carbocycles. The van der Waals surface area contributed by atoms with Crippen molar-refractivity contribution in [3.63, 3.8) is 0 Å². The van der Waals surface area contributed by atoms with Crippen LogP contribution in [0.15, 0.2) is 41.1 Å². The van der Waals surface area contributed by atoms with Crippen LogP contribution in [-0.2, 0) is 18.4 Å². The van der Waals surface area contributed by atoms with E-state index in [4.69, 9.17) is 0 Å². The lowest BCUT2D eigenvalue weighted by molar-refractivity contribution is 0.0481. The summed E-state index contributed by atoms with van der Waals surface area (Å²) in [4.78, 5) is 0. The van der Waals surface area contributed by atoms with Gasteiger partial charge in [-0.1, -0.05) is 31.2 Å². The highest BCUT2D eigenvalue weighted by molar-refractivity contribution is 7.07. The van der Waals surface area contributed by atoms with E-state index in [1.165, 1.54) is 11.1 Å². The van der Waals surface area contributed by atoms with Crippen molar-refractivity contribution in [3.05, 3.63) is 57.8 Å². The molecular formula is C16H20OS. The number of hydrogen-bond donors (Lipinski definition) is 1. The molecule has 2 heteroatoms. The Morgan fingerprint density at radius 2 is 1.83 bits per heavy atom. The second-order valence-corrected chi connectivity index (χ2v) is 5.74. The molecule has 0 saturated heterocycles. The summed E-state index contributed by atoms with van der Waals surface area (Å²) in [6.45, 7) is 4.05. The second kappa shape index (κ2) is 5.68. The van der Waals surface area contributed by atoms with Gasteiger partial charge in [0.1, 0.15) is 0 Å². The molecule has 0 aliphatic heterocycles. The third-order valence-electron chi connectivity index (χ3n) is 3.46. The van der Waals surface area contributed by atoms with Gasteiger partial charge in [0.25, 0.3) is 0 Å². The van der Waals surface area contributed by atoms with Crippen LogP contribution in [0.3, 0.4) is 0 Å². The van der Waals surface area contributed by atoms with Gasteiger partial charge in [-0.05, 0) is 59.7 Å². The van der Waals surface area contributed by atoms with E-state index in [2.05, 4.69) is 35.9 Å². The number of benzene rings is 1. The minimum absolute atomic E-state index is 0.742. The summed E-state index contributed by atoms with van der Waals surface area (Å²) >= 11 is 1.71. The van der Waals surface area contributed by atoms with Crippen molar-refractivity contribution < 1.29 is 5.11 Å². The molecule has 0 aliphatic carbocycles. The van der Waals surface area contributed by atoms with Gasteiger partial charge in [-0.2, -0.15) is 11.3 Å². The molecule has 0 bridgehead atoms. The van der Waals surface area contributed by atoms with Crippen LogP contribution in [0, 0.1) is 0 Å². The molecule has 1 aromatic heterocycles. The quantitative estimate of drug-likeness (QED) is 0.856. The van der Waals surface area contributed by atoms with Gasteiger partial charge in [0, 0.05) is 0 Å². The summed E-state index contributed by atoms with van der Waals surface area (Å²) in [6, 6.07) is 10.4. The van der Waals surface area contributed by atoms with E-state index in [0.717, 1.165) is 24.8 Å². The predicted octanol–water partition coefficient (Wildman–Crippen LogP) is 4.15. The van der Waals surface area contributed by atoms with E-state index in [1.807, 2.05) is 19.1 Å². The third kappa shape index (κ3) is 3.21. The molecule has 1 atom stereocenters. The Bertz CT molecular complexity index is 468. The van der Waals surface area contributed by atoms with Crippen LogP contribution < -0.4 is 0 Å². The highest BCUT2D eigenvalue weighted by Crippen LogP contribution is 2.27. The lowest BCUT2D eigenvalue weighted by atomic mass is 9.89. The van der Waals surface area contributed by atoms with Gasteiger partial charge in [0.2, 0.25) is 0 Å². The molecular weight excluding hydrogens is 240 g/mol. The van der Waals surface area contributed by atoms with Crippen molar-refractivity contribution in [3.8, 4) is 0 Å². The molecule has 96 valence electrons. The van der Waals surface area contributed by atoms with Crippen LogP contribution in [-0.4, -0.2) is 5.11 Å². The van der Waals surface area contributed by atoms with E-state index in [-0.39, 0.29) is 0 Å². The van der Waals surface area contributed by atoms with Gasteiger partial charge in [0.15, 0.2) is 0 Å². The van der Waals surface area contributed by atoms with Gasteiger partial charge >= 0.3 is 0 Å². The lowest BCUT2D eigenvalue weighted by Gasteiger charge is -2.24. The monoisotopic (exact) mass is 260 g/mol. The SMILES string of the molecule is CCc1ccc(C(C)(O)CCc2ccsc2)cc1. The molecule has 0 amide bonds. The van der Waals surface area contributed by atoms with Gasteiger partial charge in [-0.3, -0.25) is 0 Å². The molecule has 0 radical (unpaired) electrons. The van der Waals surface area contributed by atoms with Crippen molar-refractivity contribution in [2.45, 2.75) is 38.7 Å². The molecule has 1 unspecified atom stereocenters. The predicted molar refractivity (Wildman–Crippen MR) is 78.0 cm³/mol. The van der Waals surface area contributed by atoms with Gasteiger partial charge in [0.05, 0.1) is 5.60 Å². The Labute approximate surface area is 113 Å². The zero-order valence-corrected chi connectivity index (χ0v) is 11.8. The molecule has 2 rings (SSSR count). The number of aryl methyl sites for hydroxylation is 2. The zero-order valence-electron chi connectivity index (χ0n) is 11.0. The lowest BCUT2D eigenvalue weighted by Crippen LogP contribution is -2.21. The van der Waals surface area contributed by atoms with E-state index in [1.54, 1.807) is 11.3 Å². The normalized spacial score (nSPS) is 14.4. The highest BCUT2D eigenvalue weighted by Gasteiger charge is 2.22. The molecule has 2 aromatic rings. The summed E-state index contributed by atoms with van der Waals surface area (Å²) in [6.07, 6.45) is 2.72. The minimum atomic E-state index is -0.742. The van der Waals surface area contributed by atoms with E-state index in [0.29, 0.717) is 0 Å². The fourth-order valence-electron chi connectivity index (χ4n) is 2.07. The van der Waals surface area contributed by atoms with Gasteiger partial charge in [-0.15, -0.1) is 0 Å². The first-order valence-electron chi connectivity index (χ1n) is 6.44. The molecule has 18 heavy (non-hydrogen) atoms. The molecule has 1 aromatic carbocycles. The average Bonchev–Trinajstić information content (AvgIpc) is 2.90. The van der Waals surface area contributed by atoms with Crippen LogP contribution >= 0.6 is 11.3 Å². The van der Waals surface area contributed by atoms with E-state index < -0.39 is 5.60 Å². The molecule has 0 aliphatic rings. The third-order valence-corrected chi connectivity index (χ3v) is 4.20. The Kier molecular flexibility index (Phi) is 4.20. The van der Waals surface area contributed by atoms with Crippen LogP contribution in [0.2, 0.25) is 0 Å². The first-order chi connectivity index (χ1) is 8.62. The second-order valence-electron chi connectivity index (χ2n) is 4.96. The van der Waals surface area contributed by atoms with Crippen LogP contribution in [0.25, 0.3) is 0 Å². The van der Waals surface area contributed by atoms with Gasteiger partial charge < -0.3 is 5.11 Å². The molecule has 1 heterocycles. The van der Waals surface area contributed by atoms with Crippen LogP contribution in [0.1, 0.15) is 37.0 Å². The molecule has 1 N–H and O–H groups in total. The number of thiophene rings is 1. The molecule has 1 nitrogen and oxygen atoms in total. The van der Waals surface area contributed by atoms with E-state index in [9.17, 15) is 5.11 Å². The maximum atomic E-state index is 10.6. The largest absolute Gasteiger partial charge is 0.385 e. The Morgan fingerprint density at radius 1 is 1.11 bits per heavy atom. The Balaban J connectivity index is 2.04. The smallest absolute Gasteiger partial charge is 0.0871 e. The van der Waals surface area contributed by atoms with Crippen molar-refractivity contribution in [2.75, 3.05) is 0 Å². The summed E-state index contributed by atoms with van der Waals surface area (Å²) in [5.74, 6) is 0. The Morgan fingerprint density at radius 3 is 2.39 bits per heavy atom. The topological polar surface area (TPSA) is 20.2 Å². The minimum Gasteiger partial charge on any atom is -0.385 e. The van der Waals surface area contributed by atoms with Crippen molar-refractivity contribution in [2.24, 2.45) is 0 Å². The highest BCUT2D eigenvalue weighted by atomic mass is 32.1. The first kappa shape index (κ1) is 13.3. The maximum Gasteiger partial charge on any atom is 0.0871 e. The average molecular weight is 260 g/mol. The first-order valence-corrected chi connectivity index (χ1v) is 7.39. The summed E-state index contributed by atoms with van der Waals surface area (Å²) < 4.78 is 0. The number of hydrogen-bond acceptors (Lipinski definition) is 2.